The van der Waals surface area contributed by atoms with Crippen LogP contribution in [-0.4, -0.2) is 10.9 Å². The minimum absolute atomic E-state index is 0.0276. The Kier molecular flexibility index (Phi) is 2.04. The molecule has 1 rings (SSSR count). The van der Waals surface area contributed by atoms with E-state index in [4.69, 9.17) is 5.73 Å². The average molecular weight is 165 g/mol. The molecule has 0 spiro atoms. The fourth-order valence-corrected chi connectivity index (χ4v) is 0.983. The van der Waals surface area contributed by atoms with Gasteiger partial charge in [0.25, 0.3) is 0 Å². The number of aryl methyl sites for hydroxylation is 1. The fraction of sp³-hybridized carbons (Fsp3) is 0.222. The van der Waals surface area contributed by atoms with E-state index in [0.29, 0.717) is 11.3 Å². The standard InChI is InChI=1S/C9H11NO2/c1-5-3-7(6(2)11)4-8(12)9(5)10/h3-4,12H,10H2,1-2H3. The van der Waals surface area contributed by atoms with E-state index in [9.17, 15) is 9.90 Å². The van der Waals surface area contributed by atoms with Crippen molar-refractivity contribution < 1.29 is 9.90 Å². The summed E-state index contributed by atoms with van der Waals surface area (Å²) in [6, 6.07) is 3.04. The molecule has 0 aliphatic rings. The number of nitrogens with two attached hydrogens (primary N) is 1. The summed E-state index contributed by atoms with van der Waals surface area (Å²) >= 11 is 0. The predicted octanol–water partition coefficient (Wildman–Crippen LogP) is 1.49. The van der Waals surface area contributed by atoms with Crippen molar-refractivity contribution in [3.05, 3.63) is 23.3 Å². The lowest BCUT2D eigenvalue weighted by atomic mass is 10.1. The van der Waals surface area contributed by atoms with E-state index in [2.05, 4.69) is 0 Å². The molecule has 0 heterocycles. The van der Waals surface area contributed by atoms with Crippen LogP contribution in [0.15, 0.2) is 12.1 Å². The second-order valence-electron chi connectivity index (χ2n) is 2.78. The van der Waals surface area contributed by atoms with Crippen LogP contribution in [0.25, 0.3) is 0 Å². The first-order chi connectivity index (χ1) is 5.52. The summed E-state index contributed by atoms with van der Waals surface area (Å²) in [6.45, 7) is 3.20. The highest BCUT2D eigenvalue weighted by molar-refractivity contribution is 5.95. The van der Waals surface area contributed by atoms with Crippen molar-refractivity contribution in [2.75, 3.05) is 5.73 Å². The second kappa shape index (κ2) is 2.85. The summed E-state index contributed by atoms with van der Waals surface area (Å²) in [5.74, 6) is -0.103. The second-order valence-corrected chi connectivity index (χ2v) is 2.78. The molecule has 1 aromatic carbocycles. The van der Waals surface area contributed by atoms with Crippen LogP contribution in [0.1, 0.15) is 22.8 Å². The molecule has 3 N–H and O–H groups in total. The Bertz CT molecular complexity index is 308. The SMILES string of the molecule is CC(=O)c1cc(C)c(N)c(O)c1. The molecule has 0 aliphatic heterocycles. The highest BCUT2D eigenvalue weighted by Crippen LogP contribution is 2.25. The zero-order chi connectivity index (χ0) is 9.30. The topological polar surface area (TPSA) is 63.3 Å². The lowest BCUT2D eigenvalue weighted by Crippen LogP contribution is -1.96. The number of carbonyl (C=O) groups is 1. The third-order valence-corrected chi connectivity index (χ3v) is 1.77. The van der Waals surface area contributed by atoms with Gasteiger partial charge in [-0.1, -0.05) is 0 Å². The number of aromatic hydroxyl groups is 1. The van der Waals surface area contributed by atoms with Gasteiger partial charge in [-0.2, -0.15) is 0 Å². The number of anilines is 1. The van der Waals surface area contributed by atoms with E-state index < -0.39 is 0 Å². The molecule has 0 fully saturated rings. The third kappa shape index (κ3) is 1.39. The van der Waals surface area contributed by atoms with Crippen LogP contribution in [0.4, 0.5) is 5.69 Å². The lowest BCUT2D eigenvalue weighted by Gasteiger charge is -2.04. The highest BCUT2D eigenvalue weighted by atomic mass is 16.3. The fourth-order valence-electron chi connectivity index (χ4n) is 0.983. The molecule has 12 heavy (non-hydrogen) atoms. The van der Waals surface area contributed by atoms with Crippen LogP contribution >= 0.6 is 0 Å². The van der Waals surface area contributed by atoms with Gasteiger partial charge in [-0.25, -0.2) is 0 Å². The summed E-state index contributed by atoms with van der Waals surface area (Å²) in [4.78, 5) is 10.9. The zero-order valence-electron chi connectivity index (χ0n) is 7.09. The monoisotopic (exact) mass is 165 g/mol. The number of phenols is 1. The van der Waals surface area contributed by atoms with E-state index in [1.807, 2.05) is 0 Å². The van der Waals surface area contributed by atoms with Crippen LogP contribution < -0.4 is 5.73 Å². The molecule has 3 heteroatoms. The Labute approximate surface area is 70.8 Å². The van der Waals surface area contributed by atoms with Crippen LogP contribution in [0.5, 0.6) is 5.75 Å². The average Bonchev–Trinajstić information content (AvgIpc) is 1.99. The van der Waals surface area contributed by atoms with Gasteiger partial charge >= 0.3 is 0 Å². The molecule has 0 unspecified atom stereocenters. The smallest absolute Gasteiger partial charge is 0.159 e. The van der Waals surface area contributed by atoms with Gasteiger partial charge in [-0.05, 0) is 31.5 Å². The number of carbonyl (C=O) groups excluding carboxylic acids is 1. The van der Waals surface area contributed by atoms with Crippen LogP contribution in [0.3, 0.4) is 0 Å². The first-order valence-corrected chi connectivity index (χ1v) is 3.62. The Morgan fingerprint density at radius 2 is 2.08 bits per heavy atom. The van der Waals surface area contributed by atoms with Crippen molar-refractivity contribution in [3.63, 3.8) is 0 Å². The quantitative estimate of drug-likeness (QED) is 0.376. The summed E-state index contributed by atoms with van der Waals surface area (Å²) in [5, 5.41) is 9.25. The number of hydrogen-bond acceptors (Lipinski definition) is 3. The van der Waals surface area contributed by atoms with Crippen molar-refractivity contribution in [2.45, 2.75) is 13.8 Å². The Morgan fingerprint density at radius 3 is 2.50 bits per heavy atom. The van der Waals surface area contributed by atoms with Gasteiger partial charge < -0.3 is 10.8 Å². The predicted molar refractivity (Wildman–Crippen MR) is 47.3 cm³/mol. The molecular weight excluding hydrogens is 154 g/mol. The first kappa shape index (κ1) is 8.59. The van der Waals surface area contributed by atoms with E-state index >= 15 is 0 Å². The van der Waals surface area contributed by atoms with Crippen LogP contribution in [0, 0.1) is 6.92 Å². The molecule has 0 aromatic heterocycles. The number of rotatable bonds is 1. The van der Waals surface area contributed by atoms with Crippen LogP contribution in [0.2, 0.25) is 0 Å². The number of hydrogen-bond donors (Lipinski definition) is 2. The Balaban J connectivity index is 3.31. The van der Waals surface area contributed by atoms with E-state index in [0.717, 1.165) is 5.56 Å². The molecule has 0 radical (unpaired) electrons. The van der Waals surface area contributed by atoms with Gasteiger partial charge in [-0.15, -0.1) is 0 Å². The van der Waals surface area contributed by atoms with Gasteiger partial charge in [0, 0.05) is 5.56 Å². The van der Waals surface area contributed by atoms with Gasteiger partial charge in [-0.3, -0.25) is 4.79 Å². The van der Waals surface area contributed by atoms with E-state index in [1.165, 1.54) is 13.0 Å². The molecular formula is C9H11NO2. The van der Waals surface area contributed by atoms with Crippen molar-refractivity contribution in [1.29, 1.82) is 0 Å². The van der Waals surface area contributed by atoms with Crippen LogP contribution in [-0.2, 0) is 0 Å². The number of phenolic OH excluding ortho intramolecular Hbond substituents is 1. The molecule has 1 aromatic rings. The Morgan fingerprint density at radius 1 is 1.50 bits per heavy atom. The minimum Gasteiger partial charge on any atom is -0.506 e. The van der Waals surface area contributed by atoms with E-state index in [-0.39, 0.29) is 11.5 Å². The molecule has 0 aliphatic carbocycles. The first-order valence-electron chi connectivity index (χ1n) is 3.62. The summed E-state index contributed by atoms with van der Waals surface area (Å²) in [6.07, 6.45) is 0. The molecule has 3 nitrogen and oxygen atoms in total. The summed E-state index contributed by atoms with van der Waals surface area (Å²) in [7, 11) is 0. The third-order valence-electron chi connectivity index (χ3n) is 1.77. The molecule has 0 saturated carbocycles. The maximum atomic E-state index is 10.9. The van der Waals surface area contributed by atoms with E-state index in [1.54, 1.807) is 13.0 Å². The van der Waals surface area contributed by atoms with Crippen molar-refractivity contribution in [3.8, 4) is 5.75 Å². The summed E-state index contributed by atoms with van der Waals surface area (Å²) in [5.41, 5.74) is 7.03. The minimum atomic E-state index is -0.0756. The maximum absolute atomic E-state index is 10.9. The largest absolute Gasteiger partial charge is 0.506 e. The number of Topliss-reactive ketones (excluding diaryl/α,β-unsaturated/α-hetero) is 1. The molecule has 0 bridgehead atoms. The van der Waals surface area contributed by atoms with Gasteiger partial charge in [0.2, 0.25) is 0 Å². The zero-order valence-corrected chi connectivity index (χ0v) is 7.09. The molecule has 0 saturated heterocycles. The van der Waals surface area contributed by atoms with Gasteiger partial charge in [0.05, 0.1) is 5.69 Å². The maximum Gasteiger partial charge on any atom is 0.159 e. The van der Waals surface area contributed by atoms with Crippen molar-refractivity contribution >= 4 is 11.5 Å². The Hall–Kier alpha value is -1.51. The van der Waals surface area contributed by atoms with Crippen molar-refractivity contribution in [1.82, 2.24) is 0 Å². The number of ketones is 1. The molecule has 0 amide bonds. The summed E-state index contributed by atoms with van der Waals surface area (Å²) < 4.78 is 0. The normalized spacial score (nSPS) is 9.83. The van der Waals surface area contributed by atoms with Gasteiger partial charge in [0.1, 0.15) is 5.75 Å². The van der Waals surface area contributed by atoms with Crippen molar-refractivity contribution in [2.24, 2.45) is 0 Å². The highest BCUT2D eigenvalue weighted by Gasteiger charge is 2.06. The number of benzene rings is 1. The number of nitrogen functional groups attached to an aromatic ring is 1. The lowest BCUT2D eigenvalue weighted by molar-refractivity contribution is 0.101. The molecule has 64 valence electrons. The van der Waals surface area contributed by atoms with Gasteiger partial charge in [0.15, 0.2) is 5.78 Å². The molecule has 0 atom stereocenters.